The first-order valence-corrected chi connectivity index (χ1v) is 11.1. The Hall–Kier alpha value is -3.22. The van der Waals surface area contributed by atoms with Gasteiger partial charge in [-0.25, -0.2) is 4.98 Å². The zero-order chi connectivity index (χ0) is 21.5. The van der Waals surface area contributed by atoms with Gasteiger partial charge in [-0.2, -0.15) is 4.98 Å². The molecule has 0 bridgehead atoms. The average Bonchev–Trinajstić information content (AvgIpc) is 2.78. The maximum absolute atomic E-state index is 12.8. The summed E-state index contributed by atoms with van der Waals surface area (Å²) in [5.74, 6) is 1.74. The van der Waals surface area contributed by atoms with Gasteiger partial charge in [-0.05, 0) is 61.9 Å². The maximum Gasteiger partial charge on any atom is 0.256 e. The molecule has 1 saturated heterocycles. The number of nitrogens with zero attached hydrogens (tertiary/aromatic N) is 4. The fraction of sp³-hybridized carbons (Fsp3) is 0.417. The highest BCUT2D eigenvalue weighted by Gasteiger charge is 2.32. The number of carbonyl (C=O) groups is 1. The van der Waals surface area contributed by atoms with Crippen molar-refractivity contribution in [2.45, 2.75) is 39.0 Å². The van der Waals surface area contributed by atoms with Crippen LogP contribution in [-0.2, 0) is 0 Å². The van der Waals surface area contributed by atoms with Gasteiger partial charge in [0.05, 0.1) is 11.4 Å². The lowest BCUT2D eigenvalue weighted by atomic mass is 9.75. The van der Waals surface area contributed by atoms with Crippen LogP contribution in [0.15, 0.2) is 41.2 Å². The Morgan fingerprint density at radius 2 is 1.74 bits per heavy atom. The number of nitrogens with two attached hydrogens (primary N) is 1. The van der Waals surface area contributed by atoms with E-state index in [1.165, 1.54) is 38.2 Å². The van der Waals surface area contributed by atoms with Crippen LogP contribution in [0.5, 0.6) is 0 Å². The van der Waals surface area contributed by atoms with Crippen molar-refractivity contribution in [1.82, 2.24) is 14.5 Å². The summed E-state index contributed by atoms with van der Waals surface area (Å²) in [6.45, 7) is 3.91. The lowest BCUT2D eigenvalue weighted by molar-refractivity contribution is 0.100. The summed E-state index contributed by atoms with van der Waals surface area (Å²) in [4.78, 5) is 36.2. The molecule has 31 heavy (non-hydrogen) atoms. The minimum absolute atomic E-state index is 0.172. The molecular formula is C24H27N5O2. The topological polar surface area (TPSA) is 94.1 Å². The van der Waals surface area contributed by atoms with Gasteiger partial charge in [0, 0.05) is 30.1 Å². The average molecular weight is 418 g/mol. The van der Waals surface area contributed by atoms with Crippen molar-refractivity contribution < 1.29 is 4.79 Å². The number of aromatic nitrogens is 3. The van der Waals surface area contributed by atoms with E-state index in [1.54, 1.807) is 34.9 Å². The first kappa shape index (κ1) is 19.7. The molecule has 3 aromatic rings. The number of pyridine rings is 1. The third kappa shape index (κ3) is 3.58. The molecule has 0 spiro atoms. The van der Waals surface area contributed by atoms with Gasteiger partial charge in [0.1, 0.15) is 0 Å². The SMILES string of the molecule is Cc1nc(N2CCC3CCCCC3C2)nc2c1ccc(=O)n2-c1ccc(C(N)=O)cc1. The van der Waals surface area contributed by atoms with E-state index in [4.69, 9.17) is 15.7 Å². The Kier molecular flexibility index (Phi) is 4.96. The summed E-state index contributed by atoms with van der Waals surface area (Å²) in [6.07, 6.45) is 6.48. The Labute approximate surface area is 180 Å². The summed E-state index contributed by atoms with van der Waals surface area (Å²) in [5.41, 5.74) is 7.68. The van der Waals surface area contributed by atoms with Crippen molar-refractivity contribution in [3.63, 3.8) is 0 Å². The monoisotopic (exact) mass is 417 g/mol. The van der Waals surface area contributed by atoms with Gasteiger partial charge in [0.15, 0.2) is 5.65 Å². The molecule has 1 aliphatic carbocycles. The van der Waals surface area contributed by atoms with Gasteiger partial charge < -0.3 is 10.6 Å². The van der Waals surface area contributed by atoms with Crippen molar-refractivity contribution in [3.8, 4) is 5.69 Å². The summed E-state index contributed by atoms with van der Waals surface area (Å²) >= 11 is 0. The quantitative estimate of drug-likeness (QED) is 0.706. The molecule has 2 aliphatic rings. The van der Waals surface area contributed by atoms with E-state index in [0.29, 0.717) is 28.8 Å². The molecule has 2 fully saturated rings. The van der Waals surface area contributed by atoms with Crippen LogP contribution in [0.2, 0.25) is 0 Å². The van der Waals surface area contributed by atoms with Gasteiger partial charge in [-0.1, -0.05) is 19.3 Å². The highest BCUT2D eigenvalue weighted by molar-refractivity contribution is 5.93. The first-order chi connectivity index (χ1) is 15.0. The van der Waals surface area contributed by atoms with Crippen molar-refractivity contribution in [3.05, 3.63) is 58.0 Å². The molecule has 7 heteroatoms. The second-order valence-corrected chi connectivity index (χ2v) is 8.80. The molecule has 0 radical (unpaired) electrons. The van der Waals surface area contributed by atoms with Crippen LogP contribution in [0.4, 0.5) is 5.95 Å². The fourth-order valence-corrected chi connectivity index (χ4v) is 5.20. The second-order valence-electron chi connectivity index (χ2n) is 8.80. The molecule has 2 aromatic heterocycles. The first-order valence-electron chi connectivity index (χ1n) is 11.1. The number of hydrogen-bond donors (Lipinski definition) is 1. The predicted octanol–water partition coefficient (Wildman–Crippen LogP) is 3.20. The number of rotatable bonds is 3. The van der Waals surface area contributed by atoms with E-state index in [2.05, 4.69) is 4.90 Å². The van der Waals surface area contributed by atoms with Crippen LogP contribution >= 0.6 is 0 Å². The van der Waals surface area contributed by atoms with E-state index in [-0.39, 0.29) is 5.56 Å². The highest BCUT2D eigenvalue weighted by atomic mass is 16.1. The zero-order valence-electron chi connectivity index (χ0n) is 17.8. The summed E-state index contributed by atoms with van der Waals surface area (Å²) < 4.78 is 1.59. The van der Waals surface area contributed by atoms with E-state index in [1.807, 2.05) is 6.92 Å². The Bertz CT molecular complexity index is 1200. The molecule has 1 saturated carbocycles. The van der Waals surface area contributed by atoms with Crippen LogP contribution in [0.25, 0.3) is 16.7 Å². The Balaban J connectivity index is 1.59. The molecule has 1 aliphatic heterocycles. The van der Waals surface area contributed by atoms with Crippen LogP contribution in [0.3, 0.4) is 0 Å². The van der Waals surface area contributed by atoms with Crippen LogP contribution < -0.4 is 16.2 Å². The molecule has 160 valence electrons. The minimum Gasteiger partial charge on any atom is -0.366 e. The van der Waals surface area contributed by atoms with Crippen molar-refractivity contribution in [1.29, 1.82) is 0 Å². The van der Waals surface area contributed by atoms with Gasteiger partial charge in [-0.15, -0.1) is 0 Å². The number of anilines is 1. The largest absolute Gasteiger partial charge is 0.366 e. The van der Waals surface area contributed by atoms with Gasteiger partial charge in [0.2, 0.25) is 11.9 Å². The molecule has 1 amide bonds. The van der Waals surface area contributed by atoms with Crippen LogP contribution in [-0.4, -0.2) is 33.5 Å². The van der Waals surface area contributed by atoms with E-state index >= 15 is 0 Å². The number of benzene rings is 1. The standard InChI is InChI=1S/C24H27N5O2/c1-15-20-10-11-21(30)29(19-8-6-17(7-9-19)22(25)31)23(20)27-24(26-15)28-13-12-16-4-2-3-5-18(16)14-28/h6-11,16,18H,2-5,12-14H2,1H3,(H2,25,31). The third-order valence-electron chi connectivity index (χ3n) is 6.91. The lowest BCUT2D eigenvalue weighted by Crippen LogP contribution is -2.42. The fourth-order valence-electron chi connectivity index (χ4n) is 5.20. The molecule has 5 rings (SSSR count). The summed E-state index contributed by atoms with van der Waals surface area (Å²) in [7, 11) is 0. The van der Waals surface area contributed by atoms with Crippen LogP contribution in [0, 0.1) is 18.8 Å². The van der Waals surface area contributed by atoms with Gasteiger partial charge >= 0.3 is 0 Å². The number of carbonyl (C=O) groups excluding carboxylic acids is 1. The smallest absolute Gasteiger partial charge is 0.256 e. The highest BCUT2D eigenvalue weighted by Crippen LogP contribution is 2.37. The minimum atomic E-state index is -0.497. The number of piperidine rings is 1. The molecule has 2 unspecified atom stereocenters. The Morgan fingerprint density at radius 1 is 1.00 bits per heavy atom. The lowest BCUT2D eigenvalue weighted by Gasteiger charge is -2.41. The summed E-state index contributed by atoms with van der Waals surface area (Å²) in [6, 6.07) is 10.0. The number of primary amides is 1. The van der Waals surface area contributed by atoms with Gasteiger partial charge in [-0.3, -0.25) is 14.2 Å². The number of fused-ring (bicyclic) bond motifs is 2. The molecule has 1 aromatic carbocycles. The zero-order valence-corrected chi connectivity index (χ0v) is 17.8. The molecule has 2 atom stereocenters. The number of amides is 1. The number of aryl methyl sites for hydroxylation is 1. The van der Waals surface area contributed by atoms with E-state index in [0.717, 1.165) is 30.1 Å². The molecular weight excluding hydrogens is 390 g/mol. The van der Waals surface area contributed by atoms with Gasteiger partial charge in [0.25, 0.3) is 5.56 Å². The number of hydrogen-bond acceptors (Lipinski definition) is 5. The molecule has 3 heterocycles. The van der Waals surface area contributed by atoms with Crippen LogP contribution in [0.1, 0.15) is 48.2 Å². The molecule has 7 nitrogen and oxygen atoms in total. The maximum atomic E-state index is 12.8. The van der Waals surface area contributed by atoms with Crippen molar-refractivity contribution in [2.75, 3.05) is 18.0 Å². The third-order valence-corrected chi connectivity index (χ3v) is 6.91. The molecule has 2 N–H and O–H groups in total. The normalized spacial score (nSPS) is 21.1. The predicted molar refractivity (Wildman–Crippen MR) is 121 cm³/mol. The summed E-state index contributed by atoms with van der Waals surface area (Å²) in [5, 5.41) is 0.842. The van der Waals surface area contributed by atoms with Crippen molar-refractivity contribution in [2.24, 2.45) is 17.6 Å². The second kappa shape index (κ2) is 7.80. The van der Waals surface area contributed by atoms with Crippen molar-refractivity contribution >= 4 is 22.9 Å². The van der Waals surface area contributed by atoms with E-state index in [9.17, 15) is 9.59 Å². The Morgan fingerprint density at radius 3 is 2.48 bits per heavy atom. The van der Waals surface area contributed by atoms with E-state index < -0.39 is 5.91 Å².